The van der Waals surface area contributed by atoms with Crippen molar-refractivity contribution in [3.05, 3.63) is 29.8 Å². The zero-order valence-electron chi connectivity index (χ0n) is 13.6. The van der Waals surface area contributed by atoms with Crippen molar-refractivity contribution < 1.29 is 4.79 Å². The molecule has 1 amide bonds. The van der Waals surface area contributed by atoms with Crippen LogP contribution in [0.2, 0.25) is 0 Å². The molecule has 0 aliphatic rings. The van der Waals surface area contributed by atoms with Gasteiger partial charge in [0.15, 0.2) is 0 Å². The molecular weight excluding hydrogens is 260 g/mol. The summed E-state index contributed by atoms with van der Waals surface area (Å²) in [7, 11) is 0. The summed E-state index contributed by atoms with van der Waals surface area (Å²) in [5, 5.41) is 6.25. The Balaban J connectivity index is 2.18. The fourth-order valence-corrected chi connectivity index (χ4v) is 2.26. The molecule has 3 heteroatoms. The lowest BCUT2D eigenvalue weighted by molar-refractivity contribution is -0.116. The number of anilines is 1. The lowest BCUT2D eigenvalue weighted by Gasteiger charge is -2.07. The summed E-state index contributed by atoms with van der Waals surface area (Å²) in [6, 6.07) is 8.07. The van der Waals surface area contributed by atoms with Crippen molar-refractivity contribution in [3.63, 3.8) is 0 Å². The van der Waals surface area contributed by atoms with Gasteiger partial charge in [0, 0.05) is 18.7 Å². The zero-order valence-corrected chi connectivity index (χ0v) is 13.6. The van der Waals surface area contributed by atoms with Crippen molar-refractivity contribution in [1.82, 2.24) is 5.32 Å². The number of hydrogen-bond donors (Lipinski definition) is 2. The molecule has 0 bridgehead atoms. The van der Waals surface area contributed by atoms with E-state index in [1.165, 1.54) is 31.2 Å². The van der Waals surface area contributed by atoms with Crippen molar-refractivity contribution >= 4 is 11.6 Å². The van der Waals surface area contributed by atoms with E-state index in [0.29, 0.717) is 6.42 Å². The minimum Gasteiger partial charge on any atom is -0.326 e. The lowest BCUT2D eigenvalue weighted by atomic mass is 10.1. The molecule has 0 unspecified atom stereocenters. The molecule has 0 radical (unpaired) electrons. The third-order valence-electron chi connectivity index (χ3n) is 3.57. The van der Waals surface area contributed by atoms with Crippen molar-refractivity contribution in [2.24, 2.45) is 0 Å². The smallest absolute Gasteiger partial charge is 0.224 e. The molecule has 0 saturated heterocycles. The Hall–Kier alpha value is -1.35. The third-order valence-corrected chi connectivity index (χ3v) is 3.57. The van der Waals surface area contributed by atoms with Gasteiger partial charge in [-0.1, -0.05) is 58.1 Å². The number of rotatable bonds is 11. The van der Waals surface area contributed by atoms with E-state index in [1.807, 2.05) is 12.1 Å². The van der Waals surface area contributed by atoms with Gasteiger partial charge in [0.1, 0.15) is 0 Å². The van der Waals surface area contributed by atoms with E-state index < -0.39 is 0 Å². The topological polar surface area (TPSA) is 41.1 Å². The van der Waals surface area contributed by atoms with Gasteiger partial charge >= 0.3 is 0 Å². The second-order valence-electron chi connectivity index (χ2n) is 5.54. The molecule has 2 N–H and O–H groups in total. The fourth-order valence-electron chi connectivity index (χ4n) is 2.26. The Kier molecular flexibility index (Phi) is 9.55. The van der Waals surface area contributed by atoms with Crippen LogP contribution >= 0.6 is 0 Å². The number of nitrogens with one attached hydrogen (secondary N) is 2. The quantitative estimate of drug-likeness (QED) is 0.590. The van der Waals surface area contributed by atoms with Crippen LogP contribution in [0.15, 0.2) is 24.3 Å². The molecule has 0 atom stereocenters. The van der Waals surface area contributed by atoms with Gasteiger partial charge in [-0.05, 0) is 30.7 Å². The zero-order chi connectivity index (χ0) is 15.3. The summed E-state index contributed by atoms with van der Waals surface area (Å²) in [6.45, 7) is 6.16. The summed E-state index contributed by atoms with van der Waals surface area (Å²) < 4.78 is 0. The highest BCUT2D eigenvalue weighted by Gasteiger charge is 2.02. The molecule has 1 rings (SSSR count). The highest BCUT2D eigenvalue weighted by atomic mass is 16.1. The van der Waals surface area contributed by atoms with Crippen LogP contribution < -0.4 is 10.6 Å². The molecule has 1 aromatic carbocycles. The van der Waals surface area contributed by atoms with Crippen molar-refractivity contribution in [3.8, 4) is 0 Å². The summed E-state index contributed by atoms with van der Waals surface area (Å²) in [5.41, 5.74) is 2.14. The van der Waals surface area contributed by atoms with Gasteiger partial charge in [-0.25, -0.2) is 0 Å². The standard InChI is InChI=1S/C18H30N2O/c1-3-5-6-7-8-9-10-18(21)20-17-13-11-16(12-14-17)15-19-4-2/h11-14,19H,3-10,15H2,1-2H3,(H,20,21). The Morgan fingerprint density at radius 2 is 1.62 bits per heavy atom. The van der Waals surface area contributed by atoms with E-state index in [2.05, 4.69) is 36.6 Å². The summed E-state index contributed by atoms with van der Waals surface area (Å²) in [4.78, 5) is 11.8. The summed E-state index contributed by atoms with van der Waals surface area (Å²) in [6.07, 6.45) is 7.91. The predicted octanol–water partition coefficient (Wildman–Crippen LogP) is 4.49. The minimum absolute atomic E-state index is 0.130. The monoisotopic (exact) mass is 290 g/mol. The van der Waals surface area contributed by atoms with Gasteiger partial charge < -0.3 is 10.6 Å². The normalized spacial score (nSPS) is 10.6. The van der Waals surface area contributed by atoms with Crippen LogP contribution in [0, 0.1) is 0 Å². The van der Waals surface area contributed by atoms with Gasteiger partial charge in [-0.15, -0.1) is 0 Å². The molecule has 0 heterocycles. The molecule has 0 aliphatic carbocycles. The van der Waals surface area contributed by atoms with Crippen molar-refractivity contribution in [2.75, 3.05) is 11.9 Å². The first-order chi connectivity index (χ1) is 10.3. The van der Waals surface area contributed by atoms with E-state index >= 15 is 0 Å². The number of carbonyl (C=O) groups is 1. The van der Waals surface area contributed by atoms with E-state index in [-0.39, 0.29) is 5.91 Å². The predicted molar refractivity (Wildman–Crippen MR) is 90.4 cm³/mol. The Morgan fingerprint density at radius 3 is 2.29 bits per heavy atom. The maximum absolute atomic E-state index is 11.8. The minimum atomic E-state index is 0.130. The van der Waals surface area contributed by atoms with Crippen LogP contribution in [0.1, 0.15) is 64.4 Å². The Labute approximate surface area is 129 Å². The molecule has 1 aromatic rings. The lowest BCUT2D eigenvalue weighted by Crippen LogP contribution is -2.13. The third kappa shape index (κ3) is 8.51. The molecular formula is C18H30N2O. The van der Waals surface area contributed by atoms with E-state index in [9.17, 15) is 4.79 Å². The second kappa shape index (κ2) is 11.3. The second-order valence-corrected chi connectivity index (χ2v) is 5.54. The molecule has 0 fully saturated rings. The van der Waals surface area contributed by atoms with Crippen LogP contribution in [-0.4, -0.2) is 12.5 Å². The van der Waals surface area contributed by atoms with Gasteiger partial charge in [-0.2, -0.15) is 0 Å². The Bertz CT molecular complexity index is 387. The molecule has 118 valence electrons. The van der Waals surface area contributed by atoms with Crippen molar-refractivity contribution in [1.29, 1.82) is 0 Å². The average Bonchev–Trinajstić information content (AvgIpc) is 2.50. The summed E-state index contributed by atoms with van der Waals surface area (Å²) in [5.74, 6) is 0.130. The first-order valence-electron chi connectivity index (χ1n) is 8.35. The molecule has 0 aliphatic heterocycles. The van der Waals surface area contributed by atoms with Crippen molar-refractivity contribution in [2.45, 2.75) is 65.3 Å². The van der Waals surface area contributed by atoms with Gasteiger partial charge in [0.05, 0.1) is 0 Å². The number of benzene rings is 1. The SMILES string of the molecule is CCCCCCCCC(=O)Nc1ccc(CNCC)cc1. The van der Waals surface area contributed by atoms with E-state index in [4.69, 9.17) is 0 Å². The highest BCUT2D eigenvalue weighted by molar-refractivity contribution is 5.90. The van der Waals surface area contributed by atoms with E-state index in [1.54, 1.807) is 0 Å². The molecule has 0 saturated carbocycles. The first-order valence-corrected chi connectivity index (χ1v) is 8.35. The fraction of sp³-hybridized carbons (Fsp3) is 0.611. The van der Waals surface area contributed by atoms with Crippen LogP contribution in [-0.2, 0) is 11.3 Å². The first kappa shape index (κ1) is 17.7. The van der Waals surface area contributed by atoms with Crippen LogP contribution in [0.3, 0.4) is 0 Å². The average molecular weight is 290 g/mol. The Morgan fingerprint density at radius 1 is 0.952 bits per heavy atom. The molecule has 3 nitrogen and oxygen atoms in total. The van der Waals surface area contributed by atoms with Gasteiger partial charge in [0.25, 0.3) is 0 Å². The summed E-state index contributed by atoms with van der Waals surface area (Å²) >= 11 is 0. The van der Waals surface area contributed by atoms with E-state index in [0.717, 1.165) is 31.6 Å². The molecule has 21 heavy (non-hydrogen) atoms. The highest BCUT2D eigenvalue weighted by Crippen LogP contribution is 2.11. The number of carbonyl (C=O) groups excluding carboxylic acids is 1. The van der Waals surface area contributed by atoms with Crippen LogP contribution in [0.25, 0.3) is 0 Å². The number of hydrogen-bond acceptors (Lipinski definition) is 2. The van der Waals surface area contributed by atoms with Crippen LogP contribution in [0.5, 0.6) is 0 Å². The maximum Gasteiger partial charge on any atom is 0.224 e. The maximum atomic E-state index is 11.8. The number of unbranched alkanes of at least 4 members (excludes halogenated alkanes) is 5. The largest absolute Gasteiger partial charge is 0.326 e. The molecule has 0 aromatic heterocycles. The van der Waals surface area contributed by atoms with Gasteiger partial charge in [-0.3, -0.25) is 4.79 Å². The molecule has 0 spiro atoms. The number of amides is 1. The van der Waals surface area contributed by atoms with Gasteiger partial charge in [0.2, 0.25) is 5.91 Å². The van der Waals surface area contributed by atoms with Crippen LogP contribution in [0.4, 0.5) is 5.69 Å².